The molecule has 0 aliphatic heterocycles. The molecule has 0 radical (unpaired) electrons. The Hall–Kier alpha value is -1.27. The highest BCUT2D eigenvalue weighted by Crippen LogP contribution is 2.20. The standard InChI is InChI=1S/C10H13N3O2S/c1-7(5-11)16-6-9-12-10(15-13-9)8-3-2-4-14-8/h2-4,7H,5-6,11H2,1H3. The van der Waals surface area contributed by atoms with Crippen molar-refractivity contribution in [2.24, 2.45) is 5.73 Å². The van der Waals surface area contributed by atoms with Gasteiger partial charge < -0.3 is 14.7 Å². The van der Waals surface area contributed by atoms with E-state index in [-0.39, 0.29) is 0 Å². The number of hydrogen-bond acceptors (Lipinski definition) is 6. The number of nitrogens with zero attached hydrogens (tertiary/aromatic N) is 2. The summed E-state index contributed by atoms with van der Waals surface area (Å²) in [5, 5.41) is 4.26. The smallest absolute Gasteiger partial charge is 0.293 e. The fraction of sp³-hybridized carbons (Fsp3) is 0.400. The lowest BCUT2D eigenvalue weighted by Crippen LogP contribution is -2.12. The summed E-state index contributed by atoms with van der Waals surface area (Å²) >= 11 is 1.70. The fourth-order valence-corrected chi connectivity index (χ4v) is 1.78. The lowest BCUT2D eigenvalue weighted by molar-refractivity contribution is 0.411. The summed E-state index contributed by atoms with van der Waals surface area (Å²) in [6, 6.07) is 3.57. The van der Waals surface area contributed by atoms with E-state index in [2.05, 4.69) is 17.1 Å². The van der Waals surface area contributed by atoms with E-state index in [1.54, 1.807) is 30.2 Å². The highest BCUT2D eigenvalue weighted by Gasteiger charge is 2.11. The molecule has 86 valence electrons. The molecule has 2 aromatic heterocycles. The zero-order chi connectivity index (χ0) is 11.4. The predicted octanol–water partition coefficient (Wildman–Crippen LogP) is 1.91. The van der Waals surface area contributed by atoms with Crippen LogP contribution in [0.2, 0.25) is 0 Å². The molecule has 0 fully saturated rings. The monoisotopic (exact) mass is 239 g/mol. The van der Waals surface area contributed by atoms with Gasteiger partial charge in [0.25, 0.3) is 5.89 Å². The SMILES string of the molecule is CC(CN)SCc1noc(-c2ccco2)n1. The second-order valence-corrected chi connectivity index (χ2v) is 4.78. The van der Waals surface area contributed by atoms with Gasteiger partial charge in [-0.3, -0.25) is 0 Å². The summed E-state index contributed by atoms with van der Waals surface area (Å²) in [7, 11) is 0. The van der Waals surface area contributed by atoms with Crippen molar-refractivity contribution in [1.82, 2.24) is 10.1 Å². The van der Waals surface area contributed by atoms with Crippen LogP contribution in [-0.2, 0) is 5.75 Å². The van der Waals surface area contributed by atoms with Gasteiger partial charge in [0.2, 0.25) is 0 Å². The van der Waals surface area contributed by atoms with E-state index in [1.165, 1.54) is 0 Å². The van der Waals surface area contributed by atoms with E-state index < -0.39 is 0 Å². The number of nitrogens with two attached hydrogens (primary N) is 1. The predicted molar refractivity (Wildman–Crippen MR) is 61.8 cm³/mol. The third-order valence-electron chi connectivity index (χ3n) is 2.03. The summed E-state index contributed by atoms with van der Waals surface area (Å²) in [5.41, 5.74) is 5.52. The Kier molecular flexibility index (Phi) is 3.63. The van der Waals surface area contributed by atoms with Crippen molar-refractivity contribution in [3.8, 4) is 11.7 Å². The molecule has 2 aromatic rings. The van der Waals surface area contributed by atoms with Crippen molar-refractivity contribution in [2.75, 3.05) is 6.54 Å². The minimum atomic E-state index is 0.394. The maximum absolute atomic E-state index is 5.52. The van der Waals surface area contributed by atoms with E-state index in [0.29, 0.717) is 35.0 Å². The first kappa shape index (κ1) is 11.2. The lowest BCUT2D eigenvalue weighted by atomic mass is 10.4. The molecule has 1 atom stereocenters. The molecule has 6 heteroatoms. The molecule has 0 saturated carbocycles. The van der Waals surface area contributed by atoms with E-state index >= 15 is 0 Å². The summed E-state index contributed by atoms with van der Waals surface area (Å²) in [6.45, 7) is 2.71. The van der Waals surface area contributed by atoms with Gasteiger partial charge in [0, 0.05) is 11.8 Å². The molecular formula is C10H13N3O2S. The van der Waals surface area contributed by atoms with Crippen LogP contribution in [0.25, 0.3) is 11.7 Å². The minimum absolute atomic E-state index is 0.394. The molecule has 2 rings (SSSR count). The van der Waals surface area contributed by atoms with Crippen molar-refractivity contribution in [2.45, 2.75) is 17.9 Å². The van der Waals surface area contributed by atoms with Gasteiger partial charge in [-0.2, -0.15) is 4.98 Å². The largest absolute Gasteiger partial charge is 0.459 e. The lowest BCUT2D eigenvalue weighted by Gasteiger charge is -2.04. The molecule has 0 amide bonds. The van der Waals surface area contributed by atoms with Crippen LogP contribution in [0, 0.1) is 0 Å². The van der Waals surface area contributed by atoms with Crippen LogP contribution < -0.4 is 5.73 Å². The molecule has 2 heterocycles. The second-order valence-electron chi connectivity index (χ2n) is 3.35. The van der Waals surface area contributed by atoms with E-state index in [1.807, 2.05) is 0 Å². The fourth-order valence-electron chi connectivity index (χ4n) is 1.10. The Morgan fingerprint density at radius 1 is 1.56 bits per heavy atom. The van der Waals surface area contributed by atoms with Gasteiger partial charge in [-0.1, -0.05) is 12.1 Å². The van der Waals surface area contributed by atoms with Gasteiger partial charge >= 0.3 is 0 Å². The van der Waals surface area contributed by atoms with Gasteiger partial charge in [-0.15, -0.1) is 11.8 Å². The minimum Gasteiger partial charge on any atom is -0.459 e. The van der Waals surface area contributed by atoms with Crippen molar-refractivity contribution in [3.63, 3.8) is 0 Å². The number of furan rings is 1. The Balaban J connectivity index is 1.98. The number of aromatic nitrogens is 2. The van der Waals surface area contributed by atoms with Crippen molar-refractivity contribution in [1.29, 1.82) is 0 Å². The first-order chi connectivity index (χ1) is 7.79. The molecule has 0 bridgehead atoms. The Bertz CT molecular complexity index is 427. The highest BCUT2D eigenvalue weighted by atomic mass is 32.2. The van der Waals surface area contributed by atoms with Crippen molar-refractivity contribution in [3.05, 3.63) is 24.2 Å². The maximum atomic E-state index is 5.52. The molecule has 16 heavy (non-hydrogen) atoms. The molecule has 0 aromatic carbocycles. The highest BCUT2D eigenvalue weighted by molar-refractivity contribution is 7.99. The topological polar surface area (TPSA) is 78.1 Å². The third-order valence-corrected chi connectivity index (χ3v) is 3.22. The number of thioether (sulfide) groups is 1. The van der Waals surface area contributed by atoms with Gasteiger partial charge in [-0.25, -0.2) is 0 Å². The zero-order valence-corrected chi connectivity index (χ0v) is 9.74. The Morgan fingerprint density at radius 3 is 3.12 bits per heavy atom. The molecule has 0 spiro atoms. The van der Waals surface area contributed by atoms with Crippen LogP contribution in [-0.4, -0.2) is 21.9 Å². The molecular weight excluding hydrogens is 226 g/mol. The van der Waals surface area contributed by atoms with Gasteiger partial charge in [0.05, 0.1) is 12.0 Å². The van der Waals surface area contributed by atoms with Crippen molar-refractivity contribution < 1.29 is 8.94 Å². The van der Waals surface area contributed by atoms with Crippen LogP contribution in [0.3, 0.4) is 0 Å². The summed E-state index contributed by atoms with van der Waals surface area (Å²) in [5.74, 6) is 2.37. The van der Waals surface area contributed by atoms with Gasteiger partial charge in [-0.05, 0) is 12.1 Å². The first-order valence-electron chi connectivity index (χ1n) is 4.97. The van der Waals surface area contributed by atoms with E-state index in [4.69, 9.17) is 14.7 Å². The summed E-state index contributed by atoms with van der Waals surface area (Å²) < 4.78 is 10.2. The zero-order valence-electron chi connectivity index (χ0n) is 8.92. The van der Waals surface area contributed by atoms with Gasteiger partial charge in [0.15, 0.2) is 11.6 Å². The third kappa shape index (κ3) is 2.65. The Morgan fingerprint density at radius 2 is 2.44 bits per heavy atom. The summed E-state index contributed by atoms with van der Waals surface area (Å²) in [4.78, 5) is 4.23. The molecule has 0 saturated heterocycles. The first-order valence-corrected chi connectivity index (χ1v) is 6.02. The van der Waals surface area contributed by atoms with Crippen LogP contribution >= 0.6 is 11.8 Å². The van der Waals surface area contributed by atoms with E-state index in [0.717, 1.165) is 0 Å². The molecule has 1 unspecified atom stereocenters. The maximum Gasteiger partial charge on any atom is 0.293 e. The normalized spacial score (nSPS) is 12.9. The van der Waals surface area contributed by atoms with Crippen LogP contribution in [0.1, 0.15) is 12.7 Å². The van der Waals surface area contributed by atoms with Crippen LogP contribution in [0.4, 0.5) is 0 Å². The van der Waals surface area contributed by atoms with Crippen molar-refractivity contribution >= 4 is 11.8 Å². The number of rotatable bonds is 5. The van der Waals surface area contributed by atoms with Crippen LogP contribution in [0.5, 0.6) is 0 Å². The Labute approximate surface area is 97.4 Å². The molecule has 0 aliphatic rings. The quantitative estimate of drug-likeness (QED) is 0.858. The van der Waals surface area contributed by atoms with Crippen LogP contribution in [0.15, 0.2) is 27.3 Å². The van der Waals surface area contributed by atoms with Gasteiger partial charge in [0.1, 0.15) is 0 Å². The summed E-state index contributed by atoms with van der Waals surface area (Å²) in [6.07, 6.45) is 1.57. The van der Waals surface area contributed by atoms with E-state index in [9.17, 15) is 0 Å². The average molecular weight is 239 g/mol. The molecule has 0 aliphatic carbocycles. The molecule has 2 N–H and O–H groups in total. The molecule has 5 nitrogen and oxygen atoms in total. The number of hydrogen-bond donors (Lipinski definition) is 1. The second kappa shape index (κ2) is 5.18. The average Bonchev–Trinajstić information content (AvgIpc) is 2.95.